The van der Waals surface area contributed by atoms with E-state index in [4.69, 9.17) is 4.74 Å². The molecule has 1 spiro atoms. The topological polar surface area (TPSA) is 12.5 Å². The fourth-order valence-electron chi connectivity index (χ4n) is 9.22. The van der Waals surface area contributed by atoms with Crippen LogP contribution < -0.4 is 9.64 Å². The molecule has 0 bridgehead atoms. The average Bonchev–Trinajstić information content (AvgIpc) is 3.56. The maximum atomic E-state index is 6.93. The molecule has 55 heavy (non-hydrogen) atoms. The predicted octanol–water partition coefficient (Wildman–Crippen LogP) is 14.1. The van der Waals surface area contributed by atoms with Crippen molar-refractivity contribution < 1.29 is 4.74 Å². The molecule has 0 aromatic heterocycles. The van der Waals surface area contributed by atoms with E-state index in [1.807, 2.05) is 0 Å². The zero-order valence-electron chi connectivity index (χ0n) is 30.1. The van der Waals surface area contributed by atoms with Gasteiger partial charge in [0.05, 0.1) is 16.8 Å². The second-order valence-corrected chi connectivity index (χ2v) is 14.4. The molecule has 1 aliphatic heterocycles. The highest BCUT2D eigenvalue weighted by molar-refractivity contribution is 6.02. The molecular formula is C53H35NO. The molecule has 9 aromatic rings. The van der Waals surface area contributed by atoms with E-state index in [2.05, 4.69) is 217 Å². The van der Waals surface area contributed by atoms with Crippen LogP contribution in [-0.4, -0.2) is 0 Å². The van der Waals surface area contributed by atoms with Crippen molar-refractivity contribution in [1.82, 2.24) is 0 Å². The Hall–Kier alpha value is -7.16. The van der Waals surface area contributed by atoms with Crippen molar-refractivity contribution >= 4 is 27.8 Å². The van der Waals surface area contributed by atoms with Crippen molar-refractivity contribution in [2.45, 2.75) is 5.41 Å². The summed E-state index contributed by atoms with van der Waals surface area (Å²) >= 11 is 0. The Kier molecular flexibility index (Phi) is 7.11. The summed E-state index contributed by atoms with van der Waals surface area (Å²) in [4.78, 5) is 2.47. The fraction of sp³-hybridized carbons (Fsp3) is 0.0189. The van der Waals surface area contributed by atoms with Crippen LogP contribution in [0.2, 0.25) is 0 Å². The van der Waals surface area contributed by atoms with Crippen LogP contribution in [0.15, 0.2) is 212 Å². The molecule has 1 unspecified atom stereocenters. The molecular weight excluding hydrogens is 667 g/mol. The number of nitrogens with zero attached hydrogens (tertiary/aromatic N) is 1. The third kappa shape index (κ3) is 4.68. The monoisotopic (exact) mass is 701 g/mol. The minimum atomic E-state index is -0.599. The SMILES string of the molecule is c1ccc(-c2ccc(N(c3ccccc3-c3ccccc3)c3cccc4c3-c3ccccc3C43c4ccccc4Oc4c3ccc3ccccc43)cc2)cc1. The molecule has 11 rings (SSSR count). The van der Waals surface area contributed by atoms with Crippen LogP contribution in [0.4, 0.5) is 17.1 Å². The third-order valence-electron chi connectivity index (χ3n) is 11.5. The first kappa shape index (κ1) is 31.4. The van der Waals surface area contributed by atoms with Gasteiger partial charge in [-0.25, -0.2) is 0 Å². The summed E-state index contributed by atoms with van der Waals surface area (Å²) in [7, 11) is 0. The first-order valence-corrected chi connectivity index (χ1v) is 18.9. The van der Waals surface area contributed by atoms with E-state index >= 15 is 0 Å². The largest absolute Gasteiger partial charge is 0.456 e. The van der Waals surface area contributed by atoms with Crippen LogP contribution in [0.3, 0.4) is 0 Å². The van der Waals surface area contributed by atoms with Crippen LogP contribution >= 0.6 is 0 Å². The van der Waals surface area contributed by atoms with E-state index < -0.39 is 5.41 Å². The predicted molar refractivity (Wildman–Crippen MR) is 227 cm³/mol. The van der Waals surface area contributed by atoms with E-state index in [0.717, 1.165) is 45.1 Å². The van der Waals surface area contributed by atoms with Crippen LogP contribution in [0.5, 0.6) is 11.5 Å². The van der Waals surface area contributed by atoms with Crippen LogP contribution in [0, 0.1) is 0 Å². The minimum absolute atomic E-state index is 0.599. The highest BCUT2D eigenvalue weighted by Gasteiger charge is 2.52. The molecule has 1 heterocycles. The fourth-order valence-corrected chi connectivity index (χ4v) is 9.22. The Labute approximate surface area is 321 Å². The van der Waals surface area contributed by atoms with Crippen molar-refractivity contribution in [3.05, 3.63) is 235 Å². The summed E-state index contributed by atoms with van der Waals surface area (Å²) in [5, 5.41) is 2.28. The maximum absolute atomic E-state index is 6.93. The summed E-state index contributed by atoms with van der Waals surface area (Å²) < 4.78 is 6.93. The number of hydrogen-bond donors (Lipinski definition) is 0. The molecule has 2 heteroatoms. The van der Waals surface area contributed by atoms with Crippen molar-refractivity contribution in [3.8, 4) is 44.9 Å². The summed E-state index contributed by atoms with van der Waals surface area (Å²) in [5.74, 6) is 1.81. The second-order valence-electron chi connectivity index (χ2n) is 14.4. The zero-order chi connectivity index (χ0) is 36.3. The Morgan fingerprint density at radius 3 is 1.78 bits per heavy atom. The molecule has 0 radical (unpaired) electrons. The molecule has 1 aliphatic carbocycles. The van der Waals surface area contributed by atoms with Gasteiger partial charge in [-0.05, 0) is 69.1 Å². The van der Waals surface area contributed by atoms with Crippen LogP contribution in [0.25, 0.3) is 44.2 Å². The molecule has 1 atom stereocenters. The summed E-state index contributed by atoms with van der Waals surface area (Å²) in [6, 6.07) is 76.8. The van der Waals surface area contributed by atoms with E-state index in [1.54, 1.807) is 0 Å². The Balaban J connectivity index is 1.22. The van der Waals surface area contributed by atoms with Gasteiger partial charge in [-0.3, -0.25) is 0 Å². The van der Waals surface area contributed by atoms with E-state index in [-0.39, 0.29) is 0 Å². The first-order valence-electron chi connectivity index (χ1n) is 18.9. The lowest BCUT2D eigenvalue weighted by molar-refractivity contribution is 0.441. The molecule has 2 nitrogen and oxygen atoms in total. The van der Waals surface area contributed by atoms with Gasteiger partial charge in [-0.1, -0.05) is 182 Å². The molecule has 0 amide bonds. The van der Waals surface area contributed by atoms with Gasteiger partial charge in [-0.2, -0.15) is 0 Å². The standard InChI is InChI=1S/C53H35NO/c1-3-16-36(17-4-1)37-30-33-40(34-31-37)54(48-27-13-10-21-41(48)38-18-5-2-6-19-38)49-28-15-26-46-51(49)43-23-9-11-24-44(43)53(46)45-25-12-14-29-50(45)55-52-42-22-8-7-20-39(42)32-35-47(52)53/h1-35H. The molecule has 0 fully saturated rings. The normalized spacial score (nSPS) is 14.8. The van der Waals surface area contributed by atoms with Gasteiger partial charge in [-0.15, -0.1) is 0 Å². The van der Waals surface area contributed by atoms with Crippen molar-refractivity contribution in [1.29, 1.82) is 0 Å². The number of hydrogen-bond acceptors (Lipinski definition) is 2. The lowest BCUT2D eigenvalue weighted by Crippen LogP contribution is -2.32. The first-order chi connectivity index (χ1) is 27.3. The van der Waals surface area contributed by atoms with E-state index in [1.165, 1.54) is 49.9 Å². The molecule has 0 saturated heterocycles. The van der Waals surface area contributed by atoms with Gasteiger partial charge in [0.15, 0.2) is 0 Å². The van der Waals surface area contributed by atoms with Crippen molar-refractivity contribution in [2.75, 3.05) is 4.90 Å². The van der Waals surface area contributed by atoms with Gasteiger partial charge in [0.1, 0.15) is 11.5 Å². The molecule has 2 aliphatic rings. The number of fused-ring (bicyclic) bond motifs is 11. The van der Waals surface area contributed by atoms with Gasteiger partial charge >= 0.3 is 0 Å². The van der Waals surface area contributed by atoms with Gasteiger partial charge in [0.2, 0.25) is 0 Å². The van der Waals surface area contributed by atoms with Gasteiger partial charge < -0.3 is 9.64 Å². The lowest BCUT2D eigenvalue weighted by Gasteiger charge is -2.40. The average molecular weight is 702 g/mol. The van der Waals surface area contributed by atoms with Crippen LogP contribution in [-0.2, 0) is 5.41 Å². The second kappa shape index (κ2) is 12.5. The Bertz CT molecular complexity index is 2900. The summed E-state index contributed by atoms with van der Waals surface area (Å²) in [6.45, 7) is 0. The smallest absolute Gasteiger partial charge is 0.140 e. The zero-order valence-corrected chi connectivity index (χ0v) is 30.1. The van der Waals surface area contributed by atoms with E-state index in [9.17, 15) is 0 Å². The lowest BCUT2D eigenvalue weighted by atomic mass is 9.65. The molecule has 0 saturated carbocycles. The number of para-hydroxylation sites is 2. The molecule has 9 aromatic carbocycles. The number of benzene rings is 9. The summed E-state index contributed by atoms with van der Waals surface area (Å²) in [5.41, 5.74) is 14.8. The number of rotatable bonds is 5. The maximum Gasteiger partial charge on any atom is 0.140 e. The third-order valence-corrected chi connectivity index (χ3v) is 11.5. The number of ether oxygens (including phenoxy) is 1. The van der Waals surface area contributed by atoms with Crippen molar-refractivity contribution in [3.63, 3.8) is 0 Å². The molecule has 258 valence electrons. The summed E-state index contributed by atoms with van der Waals surface area (Å²) in [6.07, 6.45) is 0. The Morgan fingerprint density at radius 1 is 0.364 bits per heavy atom. The molecule has 0 N–H and O–H groups in total. The van der Waals surface area contributed by atoms with Crippen LogP contribution in [0.1, 0.15) is 22.3 Å². The quantitative estimate of drug-likeness (QED) is 0.177. The van der Waals surface area contributed by atoms with E-state index in [0.29, 0.717) is 0 Å². The highest BCUT2D eigenvalue weighted by atomic mass is 16.5. The highest BCUT2D eigenvalue weighted by Crippen LogP contribution is 2.65. The number of anilines is 3. The van der Waals surface area contributed by atoms with Gasteiger partial charge in [0.25, 0.3) is 0 Å². The minimum Gasteiger partial charge on any atom is -0.456 e. The van der Waals surface area contributed by atoms with Gasteiger partial charge in [0, 0.05) is 33.3 Å². The van der Waals surface area contributed by atoms with Crippen molar-refractivity contribution in [2.24, 2.45) is 0 Å². The Morgan fingerprint density at radius 2 is 0.964 bits per heavy atom.